The molecule has 2 aromatic rings. The first-order valence-electron chi connectivity index (χ1n) is 8.67. The van der Waals surface area contributed by atoms with Crippen molar-refractivity contribution in [2.24, 2.45) is 0 Å². The Labute approximate surface area is 155 Å². The van der Waals surface area contributed by atoms with E-state index in [1.165, 1.54) is 12.1 Å². The van der Waals surface area contributed by atoms with Crippen LogP contribution in [0, 0.1) is 0 Å². The van der Waals surface area contributed by atoms with Gasteiger partial charge < -0.3 is 25.2 Å². The molecule has 0 aliphatic carbocycles. The predicted molar refractivity (Wildman–Crippen MR) is 93.4 cm³/mol. The van der Waals surface area contributed by atoms with Crippen molar-refractivity contribution in [3.63, 3.8) is 0 Å². The zero-order valence-corrected chi connectivity index (χ0v) is 14.5. The number of alkyl halides is 2. The van der Waals surface area contributed by atoms with Crippen LogP contribution in [0.15, 0.2) is 54.6 Å². The Morgan fingerprint density at radius 3 is 2.15 bits per heavy atom. The summed E-state index contributed by atoms with van der Waals surface area (Å²) < 4.78 is 35.7. The van der Waals surface area contributed by atoms with Gasteiger partial charge in [0.2, 0.25) is 0 Å². The van der Waals surface area contributed by atoms with Crippen molar-refractivity contribution in [1.82, 2.24) is 0 Å². The van der Waals surface area contributed by atoms with Crippen LogP contribution in [-0.4, -0.2) is 57.6 Å². The van der Waals surface area contributed by atoms with Crippen molar-refractivity contribution >= 4 is 0 Å². The molecule has 1 aliphatic rings. The Morgan fingerprint density at radius 1 is 0.852 bits per heavy atom. The summed E-state index contributed by atoms with van der Waals surface area (Å²) in [5.74, 6) is -3.65. The molecule has 0 aromatic heterocycles. The van der Waals surface area contributed by atoms with Crippen LogP contribution in [-0.2, 0) is 17.1 Å². The molecular formula is C20H22F2O5. The van der Waals surface area contributed by atoms with Gasteiger partial charge in [0.15, 0.2) is 6.10 Å². The lowest BCUT2D eigenvalue weighted by molar-refractivity contribution is -0.284. The fourth-order valence-corrected chi connectivity index (χ4v) is 3.37. The number of halogens is 2. The SMILES string of the molecule is OC[C@H]1O[C@@H](C(F)(F)c2ccccc2Cc2ccccc2)[C@H](O)[C@@H](O)[C@@H]1O. The minimum atomic E-state index is -3.65. The Morgan fingerprint density at radius 2 is 1.48 bits per heavy atom. The molecule has 0 saturated carbocycles. The van der Waals surface area contributed by atoms with Gasteiger partial charge in [-0.2, -0.15) is 8.78 Å². The minimum Gasteiger partial charge on any atom is -0.394 e. The summed E-state index contributed by atoms with van der Waals surface area (Å²) in [4.78, 5) is 0. The number of ether oxygens (including phenoxy) is 1. The smallest absolute Gasteiger partial charge is 0.301 e. The molecule has 1 heterocycles. The third-order valence-electron chi connectivity index (χ3n) is 4.86. The van der Waals surface area contributed by atoms with Crippen LogP contribution in [0.4, 0.5) is 8.78 Å². The normalized spacial score (nSPS) is 28.9. The summed E-state index contributed by atoms with van der Waals surface area (Å²) in [7, 11) is 0. The molecule has 0 amide bonds. The van der Waals surface area contributed by atoms with Crippen molar-refractivity contribution < 1.29 is 33.9 Å². The van der Waals surface area contributed by atoms with Gasteiger partial charge in [0.05, 0.1) is 6.61 Å². The molecule has 0 spiro atoms. The number of rotatable bonds is 5. The third kappa shape index (κ3) is 3.88. The summed E-state index contributed by atoms with van der Waals surface area (Å²) >= 11 is 0. The molecule has 5 nitrogen and oxygen atoms in total. The Bertz CT molecular complexity index is 753. The molecule has 1 aliphatic heterocycles. The monoisotopic (exact) mass is 380 g/mol. The molecule has 7 heteroatoms. The van der Waals surface area contributed by atoms with E-state index in [0.717, 1.165) is 5.56 Å². The molecular weight excluding hydrogens is 358 g/mol. The first kappa shape index (κ1) is 19.9. The average Bonchev–Trinajstić information content (AvgIpc) is 2.67. The molecule has 0 radical (unpaired) electrons. The molecule has 3 rings (SSSR count). The van der Waals surface area contributed by atoms with Crippen LogP contribution in [0.2, 0.25) is 0 Å². The van der Waals surface area contributed by atoms with Crippen LogP contribution in [0.3, 0.4) is 0 Å². The Balaban J connectivity index is 1.95. The molecule has 5 atom stereocenters. The summed E-state index contributed by atoms with van der Waals surface area (Å²) in [6.45, 7) is -0.761. The fourth-order valence-electron chi connectivity index (χ4n) is 3.37. The number of aliphatic hydroxyl groups is 4. The van der Waals surface area contributed by atoms with Gasteiger partial charge in [0.1, 0.15) is 24.4 Å². The largest absolute Gasteiger partial charge is 0.394 e. The lowest BCUT2D eigenvalue weighted by Gasteiger charge is -2.43. The van der Waals surface area contributed by atoms with E-state index in [2.05, 4.69) is 0 Å². The molecule has 146 valence electrons. The second-order valence-electron chi connectivity index (χ2n) is 6.69. The molecule has 1 saturated heterocycles. The van der Waals surface area contributed by atoms with Gasteiger partial charge >= 0.3 is 5.92 Å². The highest BCUT2D eigenvalue weighted by molar-refractivity contribution is 5.36. The van der Waals surface area contributed by atoms with Crippen molar-refractivity contribution in [3.8, 4) is 0 Å². The highest BCUT2D eigenvalue weighted by Gasteiger charge is 2.55. The highest BCUT2D eigenvalue weighted by atomic mass is 19.3. The maximum absolute atomic E-state index is 15.3. The zero-order chi connectivity index (χ0) is 19.6. The van der Waals surface area contributed by atoms with E-state index in [9.17, 15) is 20.4 Å². The fraction of sp³-hybridized carbons (Fsp3) is 0.400. The molecule has 4 N–H and O–H groups in total. The van der Waals surface area contributed by atoms with E-state index in [4.69, 9.17) is 4.74 Å². The van der Waals surface area contributed by atoms with E-state index in [1.54, 1.807) is 12.1 Å². The number of hydrogen-bond acceptors (Lipinski definition) is 5. The average molecular weight is 380 g/mol. The van der Waals surface area contributed by atoms with Gasteiger partial charge in [-0.3, -0.25) is 0 Å². The van der Waals surface area contributed by atoms with Gasteiger partial charge in [-0.25, -0.2) is 0 Å². The first-order valence-corrected chi connectivity index (χ1v) is 8.67. The Hall–Kier alpha value is -1.90. The molecule has 0 unspecified atom stereocenters. The zero-order valence-electron chi connectivity index (χ0n) is 14.5. The lowest BCUT2D eigenvalue weighted by atomic mass is 9.86. The van der Waals surface area contributed by atoms with Crippen LogP contribution in [0.25, 0.3) is 0 Å². The molecule has 27 heavy (non-hydrogen) atoms. The van der Waals surface area contributed by atoms with Gasteiger partial charge in [0, 0.05) is 5.56 Å². The topological polar surface area (TPSA) is 90.2 Å². The van der Waals surface area contributed by atoms with Crippen LogP contribution in [0.1, 0.15) is 16.7 Å². The quantitative estimate of drug-likeness (QED) is 0.626. The van der Waals surface area contributed by atoms with E-state index in [-0.39, 0.29) is 12.0 Å². The third-order valence-corrected chi connectivity index (χ3v) is 4.86. The number of benzene rings is 2. The second-order valence-corrected chi connectivity index (χ2v) is 6.69. The van der Waals surface area contributed by atoms with Crippen molar-refractivity contribution in [2.45, 2.75) is 42.9 Å². The summed E-state index contributed by atoms with van der Waals surface area (Å²) in [6.07, 6.45) is -8.79. The lowest BCUT2D eigenvalue weighted by Crippen LogP contribution is -2.62. The van der Waals surface area contributed by atoms with Gasteiger partial charge in [-0.15, -0.1) is 0 Å². The number of hydrogen-bond donors (Lipinski definition) is 4. The van der Waals surface area contributed by atoms with Gasteiger partial charge in [-0.05, 0) is 17.5 Å². The standard InChI is InChI=1S/C20H22F2O5/c21-20(22,19-18(26)17(25)16(24)15(11-23)27-19)14-9-5-4-8-13(14)10-12-6-2-1-3-7-12/h1-9,15-19,23-26H,10-11H2/t15-,16-,17+,18-,19-/m1/s1. The van der Waals surface area contributed by atoms with E-state index in [0.29, 0.717) is 5.56 Å². The van der Waals surface area contributed by atoms with E-state index >= 15 is 8.78 Å². The van der Waals surface area contributed by atoms with Gasteiger partial charge in [0.25, 0.3) is 0 Å². The second kappa shape index (κ2) is 8.00. The molecule has 0 bridgehead atoms. The highest BCUT2D eigenvalue weighted by Crippen LogP contribution is 2.41. The van der Waals surface area contributed by atoms with Crippen LogP contribution in [0.5, 0.6) is 0 Å². The van der Waals surface area contributed by atoms with Crippen molar-refractivity contribution in [1.29, 1.82) is 0 Å². The van der Waals surface area contributed by atoms with Crippen molar-refractivity contribution in [3.05, 3.63) is 71.3 Å². The molecule has 2 aromatic carbocycles. The molecule has 1 fully saturated rings. The maximum atomic E-state index is 15.3. The summed E-state index contributed by atoms with van der Waals surface area (Å²) in [6, 6.07) is 15.0. The van der Waals surface area contributed by atoms with E-state index in [1.807, 2.05) is 30.3 Å². The number of aliphatic hydroxyl groups excluding tert-OH is 4. The first-order chi connectivity index (χ1) is 12.9. The Kier molecular flexibility index (Phi) is 5.88. The van der Waals surface area contributed by atoms with Crippen molar-refractivity contribution in [2.75, 3.05) is 6.61 Å². The summed E-state index contributed by atoms with van der Waals surface area (Å²) in [5, 5.41) is 39.0. The van der Waals surface area contributed by atoms with Crippen LogP contribution < -0.4 is 0 Å². The maximum Gasteiger partial charge on any atom is 0.301 e. The van der Waals surface area contributed by atoms with Gasteiger partial charge in [-0.1, -0.05) is 54.6 Å². The minimum absolute atomic E-state index is 0.254. The van der Waals surface area contributed by atoms with E-state index < -0.39 is 43.0 Å². The summed E-state index contributed by atoms with van der Waals surface area (Å²) in [5.41, 5.74) is 0.860. The van der Waals surface area contributed by atoms with Crippen LogP contribution >= 0.6 is 0 Å². The predicted octanol–water partition coefficient (Wildman–Crippen LogP) is 1.21.